The summed E-state index contributed by atoms with van der Waals surface area (Å²) in [4.78, 5) is 0. The van der Waals surface area contributed by atoms with Crippen molar-refractivity contribution in [3.8, 4) is 0 Å². The van der Waals surface area contributed by atoms with Crippen LogP contribution >= 0.6 is 15.9 Å². The van der Waals surface area contributed by atoms with Crippen molar-refractivity contribution in [3.05, 3.63) is 33.5 Å². The van der Waals surface area contributed by atoms with E-state index in [0.29, 0.717) is 10.4 Å². The summed E-state index contributed by atoms with van der Waals surface area (Å²) in [7, 11) is 0. The highest BCUT2D eigenvalue weighted by Gasteiger charge is 2.38. The maximum Gasteiger partial charge on any atom is 0.137 e. The molecule has 1 unspecified atom stereocenters. The normalized spacial score (nSPS) is 24.7. The Morgan fingerprint density at radius 3 is 2.73 bits per heavy atom. The molecule has 0 saturated heterocycles. The third-order valence-electron chi connectivity index (χ3n) is 3.52. The summed E-state index contributed by atoms with van der Waals surface area (Å²) in [5.74, 6) is 0.179. The molecule has 2 rings (SSSR count). The van der Waals surface area contributed by atoms with Crippen LogP contribution < -0.4 is 5.73 Å². The fourth-order valence-electron chi connectivity index (χ4n) is 2.34. The van der Waals surface area contributed by atoms with Crippen molar-refractivity contribution in [2.75, 3.05) is 0 Å². The van der Waals surface area contributed by atoms with E-state index >= 15 is 0 Å². The van der Waals surface area contributed by atoms with E-state index in [0.717, 1.165) is 24.0 Å². The highest BCUT2D eigenvalue weighted by Crippen LogP contribution is 2.43. The van der Waals surface area contributed by atoms with Gasteiger partial charge in [0, 0.05) is 5.54 Å². The molecule has 2 N–H and O–H groups in total. The first-order valence-corrected chi connectivity index (χ1v) is 6.02. The van der Waals surface area contributed by atoms with Gasteiger partial charge in [0.05, 0.1) is 4.47 Å². The van der Waals surface area contributed by atoms with E-state index in [4.69, 9.17) is 5.73 Å². The van der Waals surface area contributed by atoms with Gasteiger partial charge >= 0.3 is 0 Å². The first-order chi connectivity index (χ1) is 6.97. The Balaban J connectivity index is 2.58. The van der Waals surface area contributed by atoms with Crippen LogP contribution in [0, 0.1) is 11.7 Å². The van der Waals surface area contributed by atoms with Crippen molar-refractivity contribution >= 4 is 15.9 Å². The van der Waals surface area contributed by atoms with E-state index in [1.54, 1.807) is 0 Å². The summed E-state index contributed by atoms with van der Waals surface area (Å²) in [5.41, 5.74) is 8.25. The molecule has 1 nitrogen and oxygen atoms in total. The third kappa shape index (κ3) is 1.53. The van der Waals surface area contributed by atoms with Crippen molar-refractivity contribution in [1.82, 2.24) is 0 Å². The Bertz CT molecular complexity index is 403. The molecule has 0 spiro atoms. The molecule has 0 bridgehead atoms. The average Bonchev–Trinajstić information content (AvgIpc) is 2.52. The van der Waals surface area contributed by atoms with Crippen LogP contribution in [-0.2, 0) is 12.0 Å². The average molecular weight is 272 g/mol. The Labute approximate surface area is 98.0 Å². The Morgan fingerprint density at radius 2 is 2.13 bits per heavy atom. The van der Waals surface area contributed by atoms with E-state index in [1.807, 2.05) is 6.07 Å². The zero-order valence-corrected chi connectivity index (χ0v) is 10.6. The SMILES string of the molecule is CC(C)C1(N)CCc2c1ccc(F)c2Br. The van der Waals surface area contributed by atoms with E-state index < -0.39 is 0 Å². The van der Waals surface area contributed by atoms with Gasteiger partial charge in [0.15, 0.2) is 0 Å². The van der Waals surface area contributed by atoms with Crippen LogP contribution in [0.2, 0.25) is 0 Å². The minimum Gasteiger partial charge on any atom is -0.321 e. The maximum absolute atomic E-state index is 13.3. The van der Waals surface area contributed by atoms with E-state index in [-0.39, 0.29) is 11.4 Å². The smallest absolute Gasteiger partial charge is 0.137 e. The highest BCUT2D eigenvalue weighted by atomic mass is 79.9. The zero-order valence-electron chi connectivity index (χ0n) is 8.98. The number of benzene rings is 1. The second kappa shape index (κ2) is 3.56. The van der Waals surface area contributed by atoms with E-state index in [2.05, 4.69) is 29.8 Å². The molecule has 0 radical (unpaired) electrons. The standard InChI is InChI=1S/C12H15BrFN/c1-7(2)12(15)6-5-8-9(12)3-4-10(14)11(8)13/h3-4,7H,5-6,15H2,1-2H3. The van der Waals surface area contributed by atoms with Gasteiger partial charge in [0.25, 0.3) is 0 Å². The predicted octanol–water partition coefficient (Wildman–Crippen LogP) is 3.34. The lowest BCUT2D eigenvalue weighted by Crippen LogP contribution is -2.39. The van der Waals surface area contributed by atoms with Gasteiger partial charge in [-0.15, -0.1) is 0 Å². The summed E-state index contributed by atoms with van der Waals surface area (Å²) >= 11 is 3.30. The minimum atomic E-state index is -0.286. The van der Waals surface area contributed by atoms with Crippen LogP contribution in [0.25, 0.3) is 0 Å². The highest BCUT2D eigenvalue weighted by molar-refractivity contribution is 9.10. The van der Waals surface area contributed by atoms with E-state index in [9.17, 15) is 4.39 Å². The van der Waals surface area contributed by atoms with Crippen LogP contribution in [-0.4, -0.2) is 0 Å². The lowest BCUT2D eigenvalue weighted by atomic mass is 9.82. The molecule has 1 aromatic rings. The molecule has 15 heavy (non-hydrogen) atoms. The molecule has 0 aromatic heterocycles. The molecule has 1 aliphatic rings. The van der Waals surface area contributed by atoms with Gasteiger partial charge in [-0.05, 0) is 51.9 Å². The van der Waals surface area contributed by atoms with Gasteiger partial charge in [0.1, 0.15) is 5.82 Å². The summed E-state index contributed by atoms with van der Waals surface area (Å²) in [5, 5.41) is 0. The van der Waals surface area contributed by atoms with Crippen molar-refractivity contribution in [2.24, 2.45) is 11.7 Å². The van der Waals surface area contributed by atoms with Crippen LogP contribution in [0.4, 0.5) is 4.39 Å². The van der Waals surface area contributed by atoms with Gasteiger partial charge in [-0.2, -0.15) is 0 Å². The Morgan fingerprint density at radius 1 is 1.47 bits per heavy atom. The molecule has 3 heteroatoms. The first-order valence-electron chi connectivity index (χ1n) is 5.23. The number of fused-ring (bicyclic) bond motifs is 1. The summed E-state index contributed by atoms with van der Waals surface area (Å²) in [6, 6.07) is 3.33. The minimum absolute atomic E-state index is 0.193. The van der Waals surface area contributed by atoms with Crippen molar-refractivity contribution in [2.45, 2.75) is 32.2 Å². The van der Waals surface area contributed by atoms with Crippen LogP contribution in [0.3, 0.4) is 0 Å². The molecule has 0 aliphatic heterocycles. The third-order valence-corrected chi connectivity index (χ3v) is 4.37. The van der Waals surface area contributed by atoms with E-state index in [1.165, 1.54) is 6.07 Å². The number of nitrogens with two attached hydrogens (primary N) is 1. The summed E-state index contributed by atoms with van der Waals surface area (Å²) in [6.07, 6.45) is 1.77. The second-order valence-electron chi connectivity index (χ2n) is 4.58. The summed E-state index contributed by atoms with van der Waals surface area (Å²) < 4.78 is 13.9. The number of hydrogen-bond acceptors (Lipinski definition) is 1. The van der Waals surface area contributed by atoms with Gasteiger partial charge in [0.2, 0.25) is 0 Å². The van der Waals surface area contributed by atoms with Crippen LogP contribution in [0.5, 0.6) is 0 Å². The fraction of sp³-hybridized carbons (Fsp3) is 0.500. The molecule has 1 aromatic carbocycles. The monoisotopic (exact) mass is 271 g/mol. The largest absolute Gasteiger partial charge is 0.321 e. The lowest BCUT2D eigenvalue weighted by Gasteiger charge is -2.30. The molecule has 82 valence electrons. The summed E-state index contributed by atoms with van der Waals surface area (Å²) in [6.45, 7) is 4.23. The molecule has 1 aliphatic carbocycles. The van der Waals surface area contributed by atoms with Crippen LogP contribution in [0.1, 0.15) is 31.4 Å². The quantitative estimate of drug-likeness (QED) is 0.833. The van der Waals surface area contributed by atoms with Gasteiger partial charge in [-0.3, -0.25) is 0 Å². The topological polar surface area (TPSA) is 26.0 Å². The zero-order chi connectivity index (χ0) is 11.2. The number of rotatable bonds is 1. The fourth-order valence-corrected chi connectivity index (χ4v) is 2.88. The molecular formula is C12H15BrFN. The van der Waals surface area contributed by atoms with Crippen molar-refractivity contribution < 1.29 is 4.39 Å². The molecule has 1 atom stereocenters. The van der Waals surface area contributed by atoms with Crippen molar-refractivity contribution in [1.29, 1.82) is 0 Å². The maximum atomic E-state index is 13.3. The first kappa shape index (κ1) is 11.1. The number of hydrogen-bond donors (Lipinski definition) is 1. The molecular weight excluding hydrogens is 257 g/mol. The number of halogens is 2. The molecule has 0 heterocycles. The Kier molecular flexibility index (Phi) is 2.63. The van der Waals surface area contributed by atoms with Crippen LogP contribution in [0.15, 0.2) is 16.6 Å². The second-order valence-corrected chi connectivity index (χ2v) is 5.38. The molecule has 0 fully saturated rings. The predicted molar refractivity (Wildman–Crippen MR) is 63.1 cm³/mol. The van der Waals surface area contributed by atoms with Gasteiger partial charge in [-0.1, -0.05) is 19.9 Å². The lowest BCUT2D eigenvalue weighted by molar-refractivity contribution is 0.316. The molecule has 0 amide bonds. The van der Waals surface area contributed by atoms with Crippen molar-refractivity contribution in [3.63, 3.8) is 0 Å². The van der Waals surface area contributed by atoms with Gasteiger partial charge < -0.3 is 5.73 Å². The van der Waals surface area contributed by atoms with Gasteiger partial charge in [-0.25, -0.2) is 4.39 Å². The Hall–Kier alpha value is -0.410. The molecule has 0 saturated carbocycles.